The van der Waals surface area contributed by atoms with Gasteiger partial charge in [-0.25, -0.2) is 0 Å². The number of nitro benzene ring substituents is 1. The number of nitrogens with zero attached hydrogens (tertiary/aromatic N) is 2. The summed E-state index contributed by atoms with van der Waals surface area (Å²) in [7, 11) is 0. The molecule has 0 unspecified atom stereocenters. The van der Waals surface area contributed by atoms with Gasteiger partial charge in [0.2, 0.25) is 5.91 Å². The monoisotopic (exact) mass is 402 g/mol. The third-order valence-electron chi connectivity index (χ3n) is 4.61. The van der Waals surface area contributed by atoms with Crippen molar-refractivity contribution >= 4 is 27.5 Å². The Labute approximate surface area is 154 Å². The average Bonchev–Trinajstić information content (AvgIpc) is 3.05. The molecule has 0 saturated carbocycles. The Morgan fingerprint density at radius 1 is 1.20 bits per heavy atom. The number of amides is 1. The molecule has 1 fully saturated rings. The Hall–Kier alpha value is -2.21. The minimum atomic E-state index is -0.425. The van der Waals surface area contributed by atoms with Crippen LogP contribution in [0.25, 0.3) is 0 Å². The topological polar surface area (TPSA) is 63.4 Å². The quantitative estimate of drug-likeness (QED) is 0.557. The van der Waals surface area contributed by atoms with Gasteiger partial charge in [0.05, 0.1) is 11.3 Å². The third kappa shape index (κ3) is 4.25. The van der Waals surface area contributed by atoms with E-state index in [9.17, 15) is 14.9 Å². The Kier molecular flexibility index (Phi) is 5.48. The number of carbonyl (C=O) groups excluding carboxylic acids is 1. The van der Waals surface area contributed by atoms with Gasteiger partial charge in [-0.1, -0.05) is 46.3 Å². The van der Waals surface area contributed by atoms with Gasteiger partial charge in [0.25, 0.3) is 5.69 Å². The van der Waals surface area contributed by atoms with Crippen LogP contribution in [0.2, 0.25) is 0 Å². The summed E-state index contributed by atoms with van der Waals surface area (Å²) < 4.78 is 1.03. The summed E-state index contributed by atoms with van der Waals surface area (Å²) in [6.45, 7) is 0.723. The number of halogens is 1. The van der Waals surface area contributed by atoms with Crippen LogP contribution in [0.4, 0.5) is 5.69 Å². The average molecular weight is 403 g/mol. The van der Waals surface area contributed by atoms with Crippen LogP contribution in [-0.4, -0.2) is 28.3 Å². The van der Waals surface area contributed by atoms with Gasteiger partial charge in [-0.2, -0.15) is 0 Å². The van der Waals surface area contributed by atoms with Crippen molar-refractivity contribution in [1.29, 1.82) is 0 Å². The molecule has 6 heteroatoms. The fourth-order valence-corrected chi connectivity index (χ4v) is 3.64. The normalized spacial score (nSPS) is 16.8. The summed E-state index contributed by atoms with van der Waals surface area (Å²) in [6, 6.07) is 14.8. The standard InChI is InChI=1S/C19H19BrN2O3/c20-16-9-7-14(8-10-16)12-17-5-3-11-21(17)19(23)13-15-4-1-2-6-18(15)22(24)25/h1-2,4,6-10,17H,3,5,11-13H2/t17-/m0/s1. The molecule has 0 spiro atoms. The lowest BCUT2D eigenvalue weighted by Crippen LogP contribution is -2.37. The Balaban J connectivity index is 1.71. The van der Waals surface area contributed by atoms with Gasteiger partial charge in [0.15, 0.2) is 0 Å². The molecule has 0 N–H and O–H groups in total. The van der Waals surface area contributed by atoms with E-state index >= 15 is 0 Å². The lowest BCUT2D eigenvalue weighted by atomic mass is 10.0. The Bertz CT molecular complexity index is 776. The molecule has 25 heavy (non-hydrogen) atoms. The van der Waals surface area contributed by atoms with E-state index in [-0.39, 0.29) is 24.1 Å². The van der Waals surface area contributed by atoms with E-state index in [1.165, 1.54) is 11.6 Å². The molecule has 5 nitrogen and oxygen atoms in total. The Morgan fingerprint density at radius 3 is 2.64 bits per heavy atom. The van der Waals surface area contributed by atoms with Crippen molar-refractivity contribution in [2.75, 3.05) is 6.54 Å². The highest BCUT2D eigenvalue weighted by Crippen LogP contribution is 2.25. The van der Waals surface area contributed by atoms with E-state index in [1.54, 1.807) is 18.2 Å². The third-order valence-corrected chi connectivity index (χ3v) is 5.14. The zero-order valence-electron chi connectivity index (χ0n) is 13.7. The molecule has 0 aliphatic carbocycles. The highest BCUT2D eigenvalue weighted by atomic mass is 79.9. The van der Waals surface area contributed by atoms with Gasteiger partial charge < -0.3 is 4.90 Å². The van der Waals surface area contributed by atoms with E-state index < -0.39 is 4.92 Å². The second-order valence-corrected chi connectivity index (χ2v) is 7.19. The highest BCUT2D eigenvalue weighted by Gasteiger charge is 2.29. The van der Waals surface area contributed by atoms with Crippen molar-refractivity contribution in [3.05, 3.63) is 74.2 Å². The molecule has 0 aromatic heterocycles. The number of hydrogen-bond acceptors (Lipinski definition) is 3. The maximum absolute atomic E-state index is 12.7. The number of nitro groups is 1. The highest BCUT2D eigenvalue weighted by molar-refractivity contribution is 9.10. The number of para-hydroxylation sites is 1. The second-order valence-electron chi connectivity index (χ2n) is 6.28. The Morgan fingerprint density at radius 2 is 1.92 bits per heavy atom. The van der Waals surface area contributed by atoms with Crippen molar-refractivity contribution in [3.63, 3.8) is 0 Å². The predicted molar refractivity (Wildman–Crippen MR) is 99.4 cm³/mol. The van der Waals surface area contributed by atoms with Crippen LogP contribution in [0.15, 0.2) is 53.0 Å². The van der Waals surface area contributed by atoms with Crippen molar-refractivity contribution in [1.82, 2.24) is 4.90 Å². The summed E-state index contributed by atoms with van der Waals surface area (Å²) in [5.74, 6) is -0.0334. The SMILES string of the molecule is O=C(Cc1ccccc1[N+](=O)[O-])N1CCC[C@H]1Cc1ccc(Br)cc1. The molecule has 1 saturated heterocycles. The molecule has 2 aromatic carbocycles. The van der Waals surface area contributed by atoms with E-state index in [2.05, 4.69) is 28.1 Å². The van der Waals surface area contributed by atoms with E-state index in [4.69, 9.17) is 0 Å². The summed E-state index contributed by atoms with van der Waals surface area (Å²) >= 11 is 3.43. The van der Waals surface area contributed by atoms with E-state index in [1.807, 2.05) is 17.0 Å². The van der Waals surface area contributed by atoms with Gasteiger partial charge in [0, 0.05) is 28.7 Å². The van der Waals surface area contributed by atoms with Crippen molar-refractivity contribution in [3.8, 4) is 0 Å². The first-order valence-electron chi connectivity index (χ1n) is 8.31. The van der Waals surface area contributed by atoms with Crippen LogP contribution in [0, 0.1) is 10.1 Å². The van der Waals surface area contributed by atoms with Crippen LogP contribution < -0.4 is 0 Å². The number of carbonyl (C=O) groups is 1. The molecule has 1 aliphatic rings. The molecule has 1 atom stereocenters. The number of hydrogen-bond donors (Lipinski definition) is 0. The van der Waals surface area contributed by atoms with Crippen LogP contribution in [0.5, 0.6) is 0 Å². The van der Waals surface area contributed by atoms with E-state index in [0.717, 1.165) is 30.3 Å². The first-order valence-corrected chi connectivity index (χ1v) is 9.10. The van der Waals surface area contributed by atoms with Gasteiger partial charge >= 0.3 is 0 Å². The van der Waals surface area contributed by atoms with Gasteiger partial charge in [0.1, 0.15) is 0 Å². The van der Waals surface area contributed by atoms with Crippen molar-refractivity contribution in [2.24, 2.45) is 0 Å². The number of likely N-dealkylation sites (tertiary alicyclic amines) is 1. The lowest BCUT2D eigenvalue weighted by molar-refractivity contribution is -0.385. The zero-order chi connectivity index (χ0) is 17.8. The molecule has 1 heterocycles. The van der Waals surface area contributed by atoms with Crippen molar-refractivity contribution < 1.29 is 9.72 Å². The number of rotatable bonds is 5. The molecule has 1 amide bonds. The fraction of sp³-hybridized carbons (Fsp3) is 0.316. The van der Waals surface area contributed by atoms with Gasteiger partial charge in [-0.3, -0.25) is 14.9 Å². The summed E-state index contributed by atoms with van der Waals surface area (Å²) in [5.41, 5.74) is 1.69. The van der Waals surface area contributed by atoms with E-state index in [0.29, 0.717) is 5.56 Å². The van der Waals surface area contributed by atoms with Gasteiger partial charge in [-0.05, 0) is 37.0 Å². The van der Waals surface area contributed by atoms with Crippen LogP contribution in [0.1, 0.15) is 24.0 Å². The predicted octanol–water partition coefficient (Wildman–Crippen LogP) is 4.13. The molecular weight excluding hydrogens is 384 g/mol. The molecular formula is C19H19BrN2O3. The fourth-order valence-electron chi connectivity index (χ4n) is 3.37. The van der Waals surface area contributed by atoms with Crippen LogP contribution >= 0.6 is 15.9 Å². The van der Waals surface area contributed by atoms with Gasteiger partial charge in [-0.15, -0.1) is 0 Å². The summed E-state index contributed by atoms with van der Waals surface area (Å²) in [5, 5.41) is 11.1. The molecule has 2 aromatic rings. The molecule has 0 radical (unpaired) electrons. The maximum atomic E-state index is 12.7. The second kappa shape index (κ2) is 7.78. The number of benzene rings is 2. The first kappa shape index (κ1) is 17.6. The molecule has 3 rings (SSSR count). The molecule has 1 aliphatic heterocycles. The molecule has 130 valence electrons. The summed E-state index contributed by atoms with van der Waals surface area (Å²) in [4.78, 5) is 25.3. The maximum Gasteiger partial charge on any atom is 0.273 e. The zero-order valence-corrected chi connectivity index (χ0v) is 15.3. The largest absolute Gasteiger partial charge is 0.339 e. The summed E-state index contributed by atoms with van der Waals surface area (Å²) in [6.07, 6.45) is 2.84. The van der Waals surface area contributed by atoms with Crippen molar-refractivity contribution in [2.45, 2.75) is 31.7 Å². The molecule has 0 bridgehead atoms. The first-order chi connectivity index (χ1) is 12.0. The van der Waals surface area contributed by atoms with Crippen LogP contribution in [-0.2, 0) is 17.6 Å². The minimum Gasteiger partial charge on any atom is -0.339 e. The minimum absolute atomic E-state index is 0.0134. The smallest absolute Gasteiger partial charge is 0.273 e. The lowest BCUT2D eigenvalue weighted by Gasteiger charge is -2.25. The van der Waals surface area contributed by atoms with Crippen LogP contribution in [0.3, 0.4) is 0 Å².